The largest absolute Gasteiger partial charge is 0.357 e. The van der Waals surface area contributed by atoms with E-state index in [1.807, 2.05) is 19.9 Å². The number of nitrogens with one attached hydrogen (secondary N) is 2. The molecule has 130 valence electrons. The van der Waals surface area contributed by atoms with Gasteiger partial charge in [0.1, 0.15) is 10.8 Å². The van der Waals surface area contributed by atoms with Crippen molar-refractivity contribution in [2.24, 2.45) is 4.99 Å². The quantitative estimate of drug-likeness (QED) is 0.557. The van der Waals surface area contributed by atoms with Crippen LogP contribution < -0.4 is 10.6 Å². The topological polar surface area (TPSA) is 49.3 Å². The number of aromatic nitrogens is 1. The van der Waals surface area contributed by atoms with E-state index in [0.29, 0.717) is 25.1 Å². The molecular weight excluding hydrogens is 391 g/mol. The molecule has 0 saturated heterocycles. The average Bonchev–Trinajstić information content (AvgIpc) is 2.86. The monoisotopic (exact) mass is 412 g/mol. The molecule has 1 heterocycles. The highest BCUT2D eigenvalue weighted by atomic mass is 79.9. The van der Waals surface area contributed by atoms with Gasteiger partial charge in [-0.1, -0.05) is 15.9 Å². The lowest BCUT2D eigenvalue weighted by atomic mass is 10.1. The van der Waals surface area contributed by atoms with Gasteiger partial charge in [-0.25, -0.2) is 14.4 Å². The lowest BCUT2D eigenvalue weighted by Crippen LogP contribution is -2.38. The average molecular weight is 413 g/mol. The third-order valence-corrected chi connectivity index (χ3v) is 5.03. The Labute approximate surface area is 154 Å². The van der Waals surface area contributed by atoms with E-state index in [1.165, 1.54) is 10.9 Å². The van der Waals surface area contributed by atoms with Crippen molar-refractivity contribution in [1.29, 1.82) is 0 Å². The molecule has 0 saturated carbocycles. The predicted molar refractivity (Wildman–Crippen MR) is 102 cm³/mol. The molecule has 2 aromatic rings. The van der Waals surface area contributed by atoms with Gasteiger partial charge in [-0.05, 0) is 51.0 Å². The molecule has 0 atom stereocenters. The highest BCUT2D eigenvalue weighted by molar-refractivity contribution is 9.10. The van der Waals surface area contributed by atoms with Crippen molar-refractivity contribution in [3.05, 3.63) is 49.6 Å². The van der Waals surface area contributed by atoms with Crippen LogP contribution in [-0.4, -0.2) is 24.0 Å². The van der Waals surface area contributed by atoms with E-state index >= 15 is 0 Å². The minimum atomic E-state index is -0.185. The van der Waals surface area contributed by atoms with Gasteiger partial charge in [-0.3, -0.25) is 0 Å². The van der Waals surface area contributed by atoms with Crippen LogP contribution in [0.2, 0.25) is 0 Å². The van der Waals surface area contributed by atoms with Crippen molar-refractivity contribution in [2.45, 2.75) is 33.7 Å². The Morgan fingerprint density at radius 2 is 2.12 bits per heavy atom. The second kappa shape index (κ2) is 9.13. The minimum Gasteiger partial charge on any atom is -0.357 e. The van der Waals surface area contributed by atoms with Gasteiger partial charge < -0.3 is 10.6 Å². The van der Waals surface area contributed by atoms with Gasteiger partial charge in [-0.15, -0.1) is 11.3 Å². The fraction of sp³-hybridized carbons (Fsp3) is 0.412. The number of hydrogen-bond donors (Lipinski definition) is 2. The summed E-state index contributed by atoms with van der Waals surface area (Å²) in [5.41, 5.74) is 1.74. The molecular formula is C17H22BrFN4S. The summed E-state index contributed by atoms with van der Waals surface area (Å²) in [4.78, 5) is 10.3. The summed E-state index contributed by atoms with van der Waals surface area (Å²) in [6.45, 7) is 8.01. The fourth-order valence-corrected chi connectivity index (χ4v) is 3.41. The molecule has 2 N–H and O–H groups in total. The van der Waals surface area contributed by atoms with Crippen LogP contribution in [0.5, 0.6) is 0 Å². The molecule has 2 rings (SSSR count). The van der Waals surface area contributed by atoms with Crippen LogP contribution in [0.4, 0.5) is 4.39 Å². The first-order valence-electron chi connectivity index (χ1n) is 7.88. The molecule has 0 radical (unpaired) electrons. The van der Waals surface area contributed by atoms with Gasteiger partial charge in [-0.2, -0.15) is 0 Å². The van der Waals surface area contributed by atoms with Crippen LogP contribution in [0.15, 0.2) is 27.7 Å². The van der Waals surface area contributed by atoms with E-state index in [4.69, 9.17) is 0 Å². The Morgan fingerprint density at radius 1 is 1.33 bits per heavy atom. The van der Waals surface area contributed by atoms with Crippen LogP contribution in [0, 0.1) is 19.7 Å². The van der Waals surface area contributed by atoms with Crippen molar-refractivity contribution in [3.8, 4) is 0 Å². The molecule has 0 bridgehead atoms. The number of hydrogen-bond acceptors (Lipinski definition) is 3. The number of nitrogens with zero attached hydrogens (tertiary/aromatic N) is 2. The summed E-state index contributed by atoms with van der Waals surface area (Å²) in [5, 5.41) is 7.44. The molecule has 1 aromatic carbocycles. The van der Waals surface area contributed by atoms with E-state index in [2.05, 4.69) is 43.5 Å². The second-order valence-corrected chi connectivity index (χ2v) is 7.56. The molecule has 24 heavy (non-hydrogen) atoms. The van der Waals surface area contributed by atoms with Crippen LogP contribution in [0.1, 0.15) is 28.1 Å². The highest BCUT2D eigenvalue weighted by Gasteiger charge is 2.05. The zero-order valence-electron chi connectivity index (χ0n) is 14.1. The summed E-state index contributed by atoms with van der Waals surface area (Å²) in [5.74, 6) is 0.536. The van der Waals surface area contributed by atoms with Crippen LogP contribution in [0.3, 0.4) is 0 Å². The Balaban J connectivity index is 1.92. The molecule has 7 heteroatoms. The highest BCUT2D eigenvalue weighted by Crippen LogP contribution is 2.17. The predicted octanol–water partition coefficient (Wildman–Crippen LogP) is 3.96. The number of halogens is 2. The third kappa shape index (κ3) is 5.56. The SMILES string of the molecule is CCNC(=NCc1nc(C)c(C)s1)NCCc1cc(Br)ccc1F. The minimum absolute atomic E-state index is 0.185. The molecule has 0 aliphatic carbocycles. The van der Waals surface area contributed by atoms with Crippen LogP contribution >= 0.6 is 27.3 Å². The van der Waals surface area contributed by atoms with E-state index in [9.17, 15) is 4.39 Å². The molecule has 4 nitrogen and oxygen atoms in total. The Bertz CT molecular complexity index is 695. The maximum Gasteiger partial charge on any atom is 0.191 e. The summed E-state index contributed by atoms with van der Waals surface area (Å²) >= 11 is 5.04. The van der Waals surface area contributed by atoms with Gasteiger partial charge in [0.05, 0.1) is 12.2 Å². The number of benzene rings is 1. The molecule has 0 unspecified atom stereocenters. The van der Waals surface area contributed by atoms with E-state index in [-0.39, 0.29) is 5.82 Å². The normalized spacial score (nSPS) is 11.6. The Morgan fingerprint density at radius 3 is 2.79 bits per heavy atom. The lowest BCUT2D eigenvalue weighted by Gasteiger charge is -2.11. The van der Waals surface area contributed by atoms with E-state index < -0.39 is 0 Å². The van der Waals surface area contributed by atoms with Crippen molar-refractivity contribution in [2.75, 3.05) is 13.1 Å². The maximum absolute atomic E-state index is 13.8. The van der Waals surface area contributed by atoms with Crippen molar-refractivity contribution in [1.82, 2.24) is 15.6 Å². The number of rotatable bonds is 6. The fourth-order valence-electron chi connectivity index (χ4n) is 2.15. The van der Waals surface area contributed by atoms with Gasteiger partial charge in [0, 0.05) is 22.4 Å². The van der Waals surface area contributed by atoms with E-state index in [0.717, 1.165) is 27.7 Å². The summed E-state index contributed by atoms with van der Waals surface area (Å²) in [6.07, 6.45) is 0.588. The first-order chi connectivity index (χ1) is 11.5. The van der Waals surface area contributed by atoms with Gasteiger partial charge >= 0.3 is 0 Å². The number of thiazole rings is 1. The molecule has 0 fully saturated rings. The molecule has 1 aromatic heterocycles. The van der Waals surface area contributed by atoms with Crippen LogP contribution in [0.25, 0.3) is 0 Å². The smallest absolute Gasteiger partial charge is 0.191 e. The molecule has 0 aliphatic heterocycles. The third-order valence-electron chi connectivity index (χ3n) is 3.48. The standard InChI is InChI=1S/C17H22BrFN4S/c1-4-20-17(22-10-16-23-11(2)12(3)24-16)21-8-7-13-9-14(18)5-6-15(13)19/h5-6,9H,4,7-8,10H2,1-3H3,(H2,20,21,22). The zero-order valence-corrected chi connectivity index (χ0v) is 16.5. The Hall–Kier alpha value is -1.47. The van der Waals surface area contributed by atoms with Crippen LogP contribution in [-0.2, 0) is 13.0 Å². The maximum atomic E-state index is 13.8. The first-order valence-corrected chi connectivity index (χ1v) is 9.49. The lowest BCUT2D eigenvalue weighted by molar-refractivity contribution is 0.606. The summed E-state index contributed by atoms with van der Waals surface area (Å²) < 4.78 is 14.6. The number of guanidine groups is 1. The van der Waals surface area contributed by atoms with Crippen molar-refractivity contribution in [3.63, 3.8) is 0 Å². The van der Waals surface area contributed by atoms with Gasteiger partial charge in [0.25, 0.3) is 0 Å². The summed E-state index contributed by atoms with van der Waals surface area (Å²) in [7, 11) is 0. The van der Waals surface area contributed by atoms with Gasteiger partial charge in [0.15, 0.2) is 5.96 Å². The Kier molecular flexibility index (Phi) is 7.17. The molecule has 0 amide bonds. The molecule has 0 aliphatic rings. The number of aliphatic imine (C=N–C) groups is 1. The molecule has 0 spiro atoms. The van der Waals surface area contributed by atoms with Gasteiger partial charge in [0.2, 0.25) is 0 Å². The zero-order chi connectivity index (χ0) is 17.5. The van der Waals surface area contributed by atoms with E-state index in [1.54, 1.807) is 17.4 Å². The first kappa shape index (κ1) is 18.9. The summed E-state index contributed by atoms with van der Waals surface area (Å²) in [6, 6.07) is 4.99. The van der Waals surface area contributed by atoms with Crippen molar-refractivity contribution < 1.29 is 4.39 Å². The van der Waals surface area contributed by atoms with Crippen molar-refractivity contribution >= 4 is 33.2 Å². The number of aryl methyl sites for hydroxylation is 2. The second-order valence-electron chi connectivity index (χ2n) is 5.36.